The van der Waals surface area contributed by atoms with Crippen LogP contribution in [-0.2, 0) is 6.42 Å². The standard InChI is InChI=1S/C34H26F2N2O5/c1-42-27-12-6-4-10-23(27)33(40)37-17-16-21-20-8-2-5-11-26(20)38-31(21)29(24-18-19(35)14-15-25(24)36)30-32(39)22-9-3-7-13-28(22)43-34(30)41/h2-15,18,29,38-39H,16-17H2,1H3,(H,37,40). The molecule has 0 fully saturated rings. The molecule has 6 aromatic rings. The third kappa shape index (κ3) is 5.10. The average molecular weight is 581 g/mol. The lowest BCUT2D eigenvalue weighted by Gasteiger charge is -2.20. The number of aromatic nitrogens is 1. The molecule has 9 heteroatoms. The predicted octanol–water partition coefficient (Wildman–Crippen LogP) is 6.42. The smallest absolute Gasteiger partial charge is 0.344 e. The number of carbonyl (C=O) groups excluding carboxylic acids is 1. The van der Waals surface area contributed by atoms with Gasteiger partial charge in [0.25, 0.3) is 5.91 Å². The van der Waals surface area contributed by atoms with E-state index in [1.807, 2.05) is 24.3 Å². The Morgan fingerprint density at radius 2 is 1.70 bits per heavy atom. The van der Waals surface area contributed by atoms with Crippen molar-refractivity contribution in [3.05, 3.63) is 141 Å². The second-order valence-corrected chi connectivity index (χ2v) is 10.0. The highest BCUT2D eigenvalue weighted by atomic mass is 19.1. The zero-order valence-electron chi connectivity index (χ0n) is 23.0. The molecule has 0 spiro atoms. The zero-order valence-corrected chi connectivity index (χ0v) is 23.0. The molecule has 2 heterocycles. The Morgan fingerprint density at radius 3 is 2.51 bits per heavy atom. The zero-order chi connectivity index (χ0) is 30.1. The fourth-order valence-corrected chi connectivity index (χ4v) is 5.56. The summed E-state index contributed by atoms with van der Waals surface area (Å²) in [6.45, 7) is 0.169. The highest BCUT2D eigenvalue weighted by Gasteiger charge is 2.32. The summed E-state index contributed by atoms with van der Waals surface area (Å²) in [6.07, 6.45) is 0.257. The summed E-state index contributed by atoms with van der Waals surface area (Å²) in [5, 5.41) is 15.3. The van der Waals surface area contributed by atoms with Gasteiger partial charge in [0.15, 0.2) is 0 Å². The molecule has 2 aromatic heterocycles. The number of fused-ring (bicyclic) bond motifs is 2. The van der Waals surface area contributed by atoms with Crippen LogP contribution in [0.15, 0.2) is 100 Å². The van der Waals surface area contributed by atoms with Crippen LogP contribution in [0.1, 0.15) is 38.7 Å². The fourth-order valence-electron chi connectivity index (χ4n) is 5.56. The van der Waals surface area contributed by atoms with Gasteiger partial charge >= 0.3 is 5.63 Å². The topological polar surface area (TPSA) is 105 Å². The van der Waals surface area contributed by atoms with Gasteiger partial charge in [0.05, 0.1) is 29.5 Å². The van der Waals surface area contributed by atoms with Crippen molar-refractivity contribution in [2.75, 3.05) is 13.7 Å². The third-order valence-corrected chi connectivity index (χ3v) is 7.53. The number of benzene rings is 4. The van der Waals surface area contributed by atoms with Crippen LogP contribution in [-0.4, -0.2) is 29.7 Å². The van der Waals surface area contributed by atoms with Gasteiger partial charge in [0.2, 0.25) is 0 Å². The molecule has 0 aliphatic rings. The maximum absolute atomic E-state index is 15.5. The Bertz CT molecular complexity index is 2050. The van der Waals surface area contributed by atoms with Gasteiger partial charge in [0.1, 0.15) is 28.7 Å². The van der Waals surface area contributed by atoms with Crippen molar-refractivity contribution in [2.45, 2.75) is 12.3 Å². The molecule has 1 amide bonds. The summed E-state index contributed by atoms with van der Waals surface area (Å²) >= 11 is 0. The third-order valence-electron chi connectivity index (χ3n) is 7.53. The lowest BCUT2D eigenvalue weighted by Crippen LogP contribution is -2.26. The van der Waals surface area contributed by atoms with Crippen LogP contribution >= 0.6 is 0 Å². The van der Waals surface area contributed by atoms with Crippen molar-refractivity contribution in [2.24, 2.45) is 0 Å². The van der Waals surface area contributed by atoms with E-state index in [2.05, 4.69) is 10.3 Å². The number of halogens is 2. The Labute approximate surface area is 244 Å². The van der Waals surface area contributed by atoms with Gasteiger partial charge in [-0.25, -0.2) is 13.6 Å². The molecule has 0 bridgehead atoms. The fraction of sp³-hybridized carbons (Fsp3) is 0.118. The normalized spacial score (nSPS) is 12.0. The molecule has 4 aromatic carbocycles. The number of aromatic hydroxyl groups is 1. The van der Waals surface area contributed by atoms with E-state index in [1.54, 1.807) is 42.5 Å². The first kappa shape index (κ1) is 27.7. The minimum Gasteiger partial charge on any atom is -0.507 e. The number of hydrogen-bond donors (Lipinski definition) is 3. The van der Waals surface area contributed by atoms with Gasteiger partial charge in [-0.1, -0.05) is 42.5 Å². The van der Waals surface area contributed by atoms with Crippen molar-refractivity contribution in [1.29, 1.82) is 0 Å². The van der Waals surface area contributed by atoms with E-state index in [0.29, 0.717) is 28.1 Å². The number of methoxy groups -OCH3 is 1. The summed E-state index contributed by atoms with van der Waals surface area (Å²) < 4.78 is 41.0. The maximum atomic E-state index is 15.5. The molecule has 216 valence electrons. The molecule has 7 nitrogen and oxygen atoms in total. The molecule has 43 heavy (non-hydrogen) atoms. The van der Waals surface area contributed by atoms with Crippen molar-refractivity contribution < 1.29 is 27.8 Å². The van der Waals surface area contributed by atoms with Gasteiger partial charge in [0, 0.05) is 28.7 Å². The largest absolute Gasteiger partial charge is 0.507 e. The van der Waals surface area contributed by atoms with Crippen LogP contribution in [0.2, 0.25) is 0 Å². The average Bonchev–Trinajstić information content (AvgIpc) is 3.38. The molecule has 3 N–H and O–H groups in total. The molecule has 1 atom stereocenters. The Morgan fingerprint density at radius 1 is 0.977 bits per heavy atom. The highest BCUT2D eigenvalue weighted by molar-refractivity contribution is 5.97. The van der Waals surface area contributed by atoms with E-state index < -0.39 is 28.9 Å². The maximum Gasteiger partial charge on any atom is 0.344 e. The van der Waals surface area contributed by atoms with Crippen molar-refractivity contribution >= 4 is 27.8 Å². The van der Waals surface area contributed by atoms with Gasteiger partial charge in [-0.05, 0) is 60.5 Å². The van der Waals surface area contributed by atoms with Gasteiger partial charge in [-0.3, -0.25) is 4.79 Å². The summed E-state index contributed by atoms with van der Waals surface area (Å²) in [7, 11) is 1.48. The molecular formula is C34H26F2N2O5. The van der Waals surface area contributed by atoms with Crippen LogP contribution in [0.5, 0.6) is 11.5 Å². The number of H-pyrrole nitrogens is 1. The van der Waals surface area contributed by atoms with E-state index in [1.165, 1.54) is 13.2 Å². The Kier molecular flexibility index (Phi) is 7.38. The highest BCUT2D eigenvalue weighted by Crippen LogP contribution is 2.42. The molecule has 1 unspecified atom stereocenters. The number of amides is 1. The SMILES string of the molecule is COc1ccccc1C(=O)NCCc1c(C(c2cc(F)ccc2F)c2c(O)c3ccccc3oc2=O)[nH]c2ccccc12. The van der Waals surface area contributed by atoms with Gasteiger partial charge < -0.3 is 24.6 Å². The van der Waals surface area contributed by atoms with Crippen LogP contribution in [0.4, 0.5) is 8.78 Å². The van der Waals surface area contributed by atoms with Gasteiger partial charge in [-0.2, -0.15) is 0 Å². The molecular weight excluding hydrogens is 554 g/mol. The minimum absolute atomic E-state index is 0.156. The molecule has 0 saturated heterocycles. The Hall–Kier alpha value is -5.44. The van der Waals surface area contributed by atoms with Crippen molar-refractivity contribution in [1.82, 2.24) is 10.3 Å². The number of aromatic amines is 1. The van der Waals surface area contributed by atoms with E-state index in [0.717, 1.165) is 23.6 Å². The summed E-state index contributed by atoms with van der Waals surface area (Å²) in [4.78, 5) is 29.7. The first-order valence-corrected chi connectivity index (χ1v) is 13.6. The lowest BCUT2D eigenvalue weighted by atomic mass is 9.85. The summed E-state index contributed by atoms with van der Waals surface area (Å²) in [5.74, 6) is -3.08. The molecule has 0 aliphatic carbocycles. The second kappa shape index (κ2) is 11.4. The number of rotatable bonds is 8. The van der Waals surface area contributed by atoms with Crippen LogP contribution in [0, 0.1) is 11.6 Å². The first-order valence-electron chi connectivity index (χ1n) is 13.6. The summed E-state index contributed by atoms with van der Waals surface area (Å²) in [6, 6.07) is 23.6. The van der Waals surface area contributed by atoms with Crippen molar-refractivity contribution in [3.8, 4) is 11.5 Å². The molecule has 0 saturated carbocycles. The number of carbonyl (C=O) groups is 1. The number of nitrogens with one attached hydrogen (secondary N) is 2. The summed E-state index contributed by atoms with van der Waals surface area (Å²) in [5.41, 5.74) is 0.907. The van der Waals surface area contributed by atoms with E-state index >= 15 is 4.39 Å². The molecule has 0 radical (unpaired) electrons. The number of ether oxygens (including phenoxy) is 1. The lowest BCUT2D eigenvalue weighted by molar-refractivity contribution is 0.0951. The second-order valence-electron chi connectivity index (χ2n) is 10.0. The van der Waals surface area contributed by atoms with E-state index in [-0.39, 0.29) is 41.0 Å². The quantitative estimate of drug-likeness (QED) is 0.180. The minimum atomic E-state index is -1.27. The van der Waals surface area contributed by atoms with Gasteiger partial charge in [-0.15, -0.1) is 0 Å². The monoisotopic (exact) mass is 580 g/mol. The number of para-hydroxylation sites is 3. The predicted molar refractivity (Wildman–Crippen MR) is 159 cm³/mol. The number of hydrogen-bond acceptors (Lipinski definition) is 5. The first-order chi connectivity index (χ1) is 20.9. The van der Waals surface area contributed by atoms with Crippen LogP contribution in [0.25, 0.3) is 21.9 Å². The van der Waals surface area contributed by atoms with E-state index in [9.17, 15) is 19.1 Å². The van der Waals surface area contributed by atoms with Crippen LogP contribution < -0.4 is 15.7 Å². The molecule has 6 rings (SSSR count). The Balaban J connectivity index is 1.50. The van der Waals surface area contributed by atoms with Crippen LogP contribution in [0.3, 0.4) is 0 Å². The van der Waals surface area contributed by atoms with Crippen molar-refractivity contribution in [3.63, 3.8) is 0 Å². The molecule has 0 aliphatic heterocycles. The van der Waals surface area contributed by atoms with E-state index in [4.69, 9.17) is 9.15 Å².